The number of ether oxygens (including phenoxy) is 1. The first-order valence-corrected chi connectivity index (χ1v) is 9.15. The van der Waals surface area contributed by atoms with Gasteiger partial charge in [-0.2, -0.15) is 0 Å². The molecular weight excluding hydrogens is 403 g/mol. The Kier molecular flexibility index (Phi) is 17.0. The van der Waals surface area contributed by atoms with Crippen LogP contribution in [0.5, 0.6) is 0 Å². The van der Waals surface area contributed by atoms with Gasteiger partial charge in [0, 0.05) is 0 Å². The van der Waals surface area contributed by atoms with E-state index in [0.29, 0.717) is 0 Å². The molecule has 1 amide bonds. The Morgan fingerprint density at radius 3 is 1.83 bits per heavy atom. The Labute approximate surface area is 161 Å². The van der Waals surface area contributed by atoms with E-state index >= 15 is 0 Å². The molecule has 0 bridgehead atoms. The molecule has 0 aliphatic rings. The first kappa shape index (κ1) is 25.2. The highest BCUT2D eigenvalue weighted by Crippen LogP contribution is 2.12. The van der Waals surface area contributed by atoms with Gasteiger partial charge in [-0.05, 0) is 19.8 Å². The average Bonchev–Trinajstić information content (AvgIpc) is 2.39. The van der Waals surface area contributed by atoms with Gasteiger partial charge >= 0.3 is 6.09 Å². The maximum atomic E-state index is 10.7. The lowest BCUT2D eigenvalue weighted by molar-refractivity contribution is -0.893. The summed E-state index contributed by atoms with van der Waals surface area (Å²) in [6, 6.07) is 0. The number of carbonyl (C=O) groups is 1. The molecular formula is C18H39IN2O2. The molecule has 1 unspecified atom stereocenters. The topological polar surface area (TPSA) is 52.3 Å². The van der Waals surface area contributed by atoms with Crippen LogP contribution in [0.1, 0.15) is 78.1 Å². The Bertz CT molecular complexity index is 286. The molecule has 23 heavy (non-hydrogen) atoms. The lowest BCUT2D eigenvalue weighted by Gasteiger charge is -2.32. The Hall–Kier alpha value is -0.0400. The van der Waals surface area contributed by atoms with Gasteiger partial charge in [-0.25, -0.2) is 4.79 Å². The molecule has 0 radical (unpaired) electrons. The third-order valence-corrected chi connectivity index (χ3v) is 4.19. The van der Waals surface area contributed by atoms with Crippen molar-refractivity contribution in [1.29, 1.82) is 0 Å². The van der Waals surface area contributed by atoms with Crippen molar-refractivity contribution in [3.05, 3.63) is 0 Å². The maximum absolute atomic E-state index is 10.7. The molecule has 0 spiro atoms. The Morgan fingerprint density at radius 2 is 1.39 bits per heavy atom. The van der Waals surface area contributed by atoms with E-state index < -0.39 is 6.09 Å². The second kappa shape index (κ2) is 15.5. The summed E-state index contributed by atoms with van der Waals surface area (Å²) in [5.41, 5.74) is 5.05. The number of hydrogen-bond acceptors (Lipinski definition) is 2. The summed E-state index contributed by atoms with van der Waals surface area (Å²) in [7, 11) is 4.38. The number of hydrogen-bond donors (Lipinski definition) is 1. The number of halogens is 1. The van der Waals surface area contributed by atoms with E-state index in [1.54, 1.807) is 0 Å². The van der Waals surface area contributed by atoms with Crippen molar-refractivity contribution < 1.29 is 38.0 Å². The molecule has 0 fully saturated rings. The van der Waals surface area contributed by atoms with Crippen LogP contribution in [0.2, 0.25) is 0 Å². The van der Waals surface area contributed by atoms with Crippen molar-refractivity contribution in [2.75, 3.05) is 27.2 Å². The minimum Gasteiger partial charge on any atom is -1.00 e. The largest absolute Gasteiger partial charge is 1.00 e. The molecule has 0 aromatic carbocycles. The zero-order valence-corrected chi connectivity index (χ0v) is 17.9. The molecule has 0 aromatic heterocycles. The highest BCUT2D eigenvalue weighted by atomic mass is 127. The summed E-state index contributed by atoms with van der Waals surface area (Å²) in [6.07, 6.45) is 12.8. The number of unbranched alkanes of at least 4 members (excludes halogenated alkanes) is 9. The predicted molar refractivity (Wildman–Crippen MR) is 93.8 cm³/mol. The zero-order valence-electron chi connectivity index (χ0n) is 15.8. The van der Waals surface area contributed by atoms with Crippen LogP contribution >= 0.6 is 0 Å². The van der Waals surface area contributed by atoms with E-state index in [2.05, 4.69) is 21.0 Å². The van der Waals surface area contributed by atoms with Crippen LogP contribution in [0.25, 0.3) is 0 Å². The van der Waals surface area contributed by atoms with Gasteiger partial charge in [-0.3, -0.25) is 0 Å². The van der Waals surface area contributed by atoms with E-state index in [4.69, 9.17) is 10.5 Å². The average molecular weight is 442 g/mol. The zero-order chi connectivity index (χ0) is 16.8. The maximum Gasteiger partial charge on any atom is 0.404 e. The number of amides is 1. The van der Waals surface area contributed by atoms with Crippen LogP contribution in [0.15, 0.2) is 0 Å². The van der Waals surface area contributed by atoms with E-state index in [1.165, 1.54) is 64.2 Å². The third kappa shape index (κ3) is 18.1. The number of quaternary nitrogens is 1. The van der Waals surface area contributed by atoms with E-state index in [-0.39, 0.29) is 30.1 Å². The fraction of sp³-hybridized carbons (Fsp3) is 0.944. The van der Waals surface area contributed by atoms with Gasteiger partial charge in [-0.1, -0.05) is 58.3 Å². The van der Waals surface area contributed by atoms with Crippen molar-refractivity contribution in [2.45, 2.75) is 84.2 Å². The van der Waals surface area contributed by atoms with Crippen LogP contribution in [0.3, 0.4) is 0 Å². The lowest BCUT2D eigenvalue weighted by Crippen LogP contribution is -3.00. The normalized spacial score (nSPS) is 12.5. The summed E-state index contributed by atoms with van der Waals surface area (Å²) in [4.78, 5) is 10.7. The molecule has 0 aliphatic heterocycles. The van der Waals surface area contributed by atoms with Gasteiger partial charge < -0.3 is 38.9 Å². The number of primary amides is 1. The van der Waals surface area contributed by atoms with Crippen molar-refractivity contribution in [3.8, 4) is 0 Å². The molecule has 0 aliphatic carbocycles. The minimum absolute atomic E-state index is 0. The van der Waals surface area contributed by atoms with Crippen molar-refractivity contribution in [2.24, 2.45) is 5.73 Å². The molecule has 0 aromatic rings. The fourth-order valence-corrected chi connectivity index (χ4v) is 3.05. The van der Waals surface area contributed by atoms with Gasteiger partial charge in [0.1, 0.15) is 12.6 Å². The standard InChI is InChI=1S/C18H38N2O2.HI/c1-5-6-7-8-9-10-11-12-13-14-15-20(3,4)16-17(2)22-18(19)21;/h17H,5-16H2,1-4H3,(H-,19,21);1H. The predicted octanol–water partition coefficient (Wildman–Crippen LogP) is 1.47. The number of rotatable bonds is 14. The molecule has 0 saturated carbocycles. The first-order valence-electron chi connectivity index (χ1n) is 9.15. The summed E-state index contributed by atoms with van der Waals surface area (Å²) in [5.74, 6) is 0. The molecule has 140 valence electrons. The molecule has 0 rings (SSSR count). The number of nitrogens with zero attached hydrogens (tertiary/aromatic N) is 1. The molecule has 4 nitrogen and oxygen atoms in total. The second-order valence-corrected chi connectivity index (χ2v) is 7.27. The molecule has 2 N–H and O–H groups in total. The summed E-state index contributed by atoms with van der Waals surface area (Å²) in [5, 5.41) is 0. The minimum atomic E-state index is -0.675. The summed E-state index contributed by atoms with van der Waals surface area (Å²) < 4.78 is 5.89. The first-order chi connectivity index (χ1) is 10.4. The molecule has 5 heteroatoms. The van der Waals surface area contributed by atoms with Crippen LogP contribution in [-0.2, 0) is 4.74 Å². The van der Waals surface area contributed by atoms with Crippen molar-refractivity contribution >= 4 is 6.09 Å². The smallest absolute Gasteiger partial charge is 0.404 e. The SMILES string of the molecule is CCCCCCCCCCCC[N+](C)(C)CC(C)OC(N)=O.[I-]. The molecule has 1 atom stereocenters. The lowest BCUT2D eigenvalue weighted by atomic mass is 10.1. The van der Waals surface area contributed by atoms with Gasteiger partial charge in [0.25, 0.3) is 0 Å². The van der Waals surface area contributed by atoms with Crippen LogP contribution in [-0.4, -0.2) is 43.9 Å². The van der Waals surface area contributed by atoms with Gasteiger partial charge in [-0.15, -0.1) is 0 Å². The Morgan fingerprint density at radius 1 is 0.957 bits per heavy atom. The van der Waals surface area contributed by atoms with Gasteiger partial charge in [0.2, 0.25) is 0 Å². The van der Waals surface area contributed by atoms with Crippen molar-refractivity contribution in [3.63, 3.8) is 0 Å². The highest BCUT2D eigenvalue weighted by Gasteiger charge is 2.20. The van der Waals surface area contributed by atoms with Crippen molar-refractivity contribution in [1.82, 2.24) is 0 Å². The summed E-state index contributed by atoms with van der Waals surface area (Å²) in [6.45, 7) is 6.12. The van der Waals surface area contributed by atoms with E-state index in [0.717, 1.165) is 17.6 Å². The fourth-order valence-electron chi connectivity index (χ4n) is 3.05. The van der Waals surface area contributed by atoms with Crippen LogP contribution in [0, 0.1) is 0 Å². The second-order valence-electron chi connectivity index (χ2n) is 7.27. The van der Waals surface area contributed by atoms with Crippen LogP contribution in [0.4, 0.5) is 4.79 Å². The number of nitrogens with two attached hydrogens (primary N) is 1. The Balaban J connectivity index is 0. The highest BCUT2D eigenvalue weighted by molar-refractivity contribution is 5.64. The number of likely N-dealkylation sites (N-methyl/N-ethyl adjacent to an activating group) is 1. The van der Waals surface area contributed by atoms with E-state index in [9.17, 15) is 4.79 Å². The van der Waals surface area contributed by atoms with Gasteiger partial charge in [0.05, 0.1) is 20.6 Å². The van der Waals surface area contributed by atoms with E-state index in [1.807, 2.05) is 6.92 Å². The monoisotopic (exact) mass is 442 g/mol. The number of carbonyl (C=O) groups excluding carboxylic acids is 1. The quantitative estimate of drug-likeness (QED) is 0.252. The summed E-state index contributed by atoms with van der Waals surface area (Å²) >= 11 is 0. The molecule has 0 saturated heterocycles. The van der Waals surface area contributed by atoms with Crippen LogP contribution < -0.4 is 29.7 Å². The van der Waals surface area contributed by atoms with Gasteiger partial charge in [0.15, 0.2) is 0 Å². The third-order valence-electron chi connectivity index (χ3n) is 4.19. The molecule has 0 heterocycles.